The number of nitrogens with one attached hydrogen (secondary N) is 1. The highest BCUT2D eigenvalue weighted by Gasteiger charge is 2.51. The number of nitrogens with two attached hydrogens (primary N) is 1. The van der Waals surface area contributed by atoms with Gasteiger partial charge in [0.1, 0.15) is 0 Å². The maximum Gasteiger partial charge on any atom is 0.230 e. The predicted molar refractivity (Wildman–Crippen MR) is 76.7 cm³/mol. The molecule has 2 aliphatic rings. The van der Waals surface area contributed by atoms with E-state index in [1.807, 2.05) is 24.3 Å². The summed E-state index contributed by atoms with van der Waals surface area (Å²) < 4.78 is 0. The maximum absolute atomic E-state index is 12.5. The van der Waals surface area contributed by atoms with Gasteiger partial charge < -0.3 is 11.1 Å². The van der Waals surface area contributed by atoms with Crippen LogP contribution in [0.5, 0.6) is 0 Å². The van der Waals surface area contributed by atoms with E-state index in [0.717, 1.165) is 24.1 Å². The molecule has 3 rings (SSSR count). The molecule has 2 aliphatic carbocycles. The molecule has 1 aromatic carbocycles. The first-order chi connectivity index (χ1) is 9.12. The minimum absolute atomic E-state index is 0.205. The van der Waals surface area contributed by atoms with Crippen molar-refractivity contribution in [1.82, 2.24) is 5.32 Å². The van der Waals surface area contributed by atoms with Gasteiger partial charge in [-0.1, -0.05) is 18.6 Å². The van der Waals surface area contributed by atoms with Gasteiger partial charge in [0, 0.05) is 11.7 Å². The lowest BCUT2D eigenvalue weighted by Crippen LogP contribution is -2.45. The fourth-order valence-corrected chi connectivity index (χ4v) is 2.98. The van der Waals surface area contributed by atoms with Crippen LogP contribution in [-0.4, -0.2) is 11.9 Å². The molecule has 0 saturated heterocycles. The van der Waals surface area contributed by atoms with Crippen molar-refractivity contribution in [2.75, 3.05) is 5.73 Å². The van der Waals surface area contributed by atoms with E-state index < -0.39 is 0 Å². The molecule has 2 saturated carbocycles. The van der Waals surface area contributed by atoms with Gasteiger partial charge in [0.05, 0.1) is 5.41 Å². The zero-order valence-electron chi connectivity index (χ0n) is 11.5. The molecular weight excluding hydrogens is 236 g/mol. The van der Waals surface area contributed by atoms with Crippen LogP contribution in [0, 0.1) is 5.92 Å². The summed E-state index contributed by atoms with van der Waals surface area (Å²) in [4.78, 5) is 12.5. The Balaban J connectivity index is 1.69. The van der Waals surface area contributed by atoms with Crippen LogP contribution in [0.4, 0.5) is 5.69 Å². The Kier molecular flexibility index (Phi) is 3.00. The zero-order chi connectivity index (χ0) is 13.5. The summed E-state index contributed by atoms with van der Waals surface area (Å²) in [5.41, 5.74) is 7.30. The molecule has 19 heavy (non-hydrogen) atoms. The molecule has 2 fully saturated rings. The first-order valence-corrected chi connectivity index (χ1v) is 7.29. The van der Waals surface area contributed by atoms with E-state index in [2.05, 4.69) is 12.2 Å². The molecule has 1 unspecified atom stereocenters. The number of amides is 1. The Bertz CT molecular complexity index is 472. The van der Waals surface area contributed by atoms with Crippen molar-refractivity contribution < 1.29 is 4.79 Å². The Labute approximate surface area is 114 Å². The van der Waals surface area contributed by atoms with E-state index in [9.17, 15) is 4.79 Å². The quantitative estimate of drug-likeness (QED) is 0.816. The van der Waals surface area contributed by atoms with Gasteiger partial charge in [-0.2, -0.15) is 0 Å². The number of carbonyl (C=O) groups is 1. The first-order valence-electron chi connectivity index (χ1n) is 7.29. The second kappa shape index (κ2) is 4.55. The van der Waals surface area contributed by atoms with Gasteiger partial charge in [-0.3, -0.25) is 4.79 Å². The summed E-state index contributed by atoms with van der Waals surface area (Å²) in [6, 6.07) is 8.08. The van der Waals surface area contributed by atoms with Gasteiger partial charge in [-0.05, 0) is 56.2 Å². The number of carbonyl (C=O) groups excluding carboxylic acids is 1. The normalized spacial score (nSPS) is 22.4. The Hall–Kier alpha value is -1.51. The summed E-state index contributed by atoms with van der Waals surface area (Å²) >= 11 is 0. The summed E-state index contributed by atoms with van der Waals surface area (Å²) in [5, 5.41) is 3.23. The highest BCUT2D eigenvalue weighted by Crippen LogP contribution is 2.48. The van der Waals surface area contributed by atoms with Crippen LogP contribution in [0.15, 0.2) is 24.3 Å². The minimum Gasteiger partial charge on any atom is -0.399 e. The average molecular weight is 258 g/mol. The highest BCUT2D eigenvalue weighted by atomic mass is 16.2. The fourth-order valence-electron chi connectivity index (χ4n) is 2.98. The number of hydrogen-bond acceptors (Lipinski definition) is 2. The number of hydrogen-bond donors (Lipinski definition) is 2. The van der Waals surface area contributed by atoms with Crippen molar-refractivity contribution in [3.63, 3.8) is 0 Å². The van der Waals surface area contributed by atoms with Crippen molar-refractivity contribution in [2.24, 2.45) is 5.92 Å². The summed E-state index contributed by atoms with van der Waals surface area (Å²) in [7, 11) is 0. The number of rotatable bonds is 4. The molecule has 3 heteroatoms. The van der Waals surface area contributed by atoms with Gasteiger partial charge in [-0.15, -0.1) is 0 Å². The SMILES string of the molecule is CC(NC(=O)C1(c2ccc(N)cc2)CC1)C1CCC1. The molecule has 0 bridgehead atoms. The second-order valence-corrected chi connectivity index (χ2v) is 6.16. The van der Waals surface area contributed by atoms with E-state index in [1.165, 1.54) is 19.3 Å². The number of nitrogen functional groups attached to an aromatic ring is 1. The van der Waals surface area contributed by atoms with Crippen LogP contribution in [0.3, 0.4) is 0 Å². The Morgan fingerprint density at radius 1 is 1.32 bits per heavy atom. The molecule has 1 aromatic rings. The molecule has 3 nitrogen and oxygen atoms in total. The molecule has 0 radical (unpaired) electrons. The van der Waals surface area contributed by atoms with Crippen LogP contribution in [0.25, 0.3) is 0 Å². The number of anilines is 1. The molecule has 1 atom stereocenters. The van der Waals surface area contributed by atoms with Crippen LogP contribution in [-0.2, 0) is 10.2 Å². The third kappa shape index (κ3) is 2.22. The third-order valence-electron chi connectivity index (χ3n) is 4.86. The fraction of sp³-hybridized carbons (Fsp3) is 0.562. The van der Waals surface area contributed by atoms with Gasteiger partial charge >= 0.3 is 0 Å². The first kappa shape index (κ1) is 12.5. The lowest BCUT2D eigenvalue weighted by molar-refractivity contribution is -0.124. The smallest absolute Gasteiger partial charge is 0.230 e. The van der Waals surface area contributed by atoms with E-state index in [0.29, 0.717) is 12.0 Å². The van der Waals surface area contributed by atoms with Crippen LogP contribution in [0.1, 0.15) is 44.6 Å². The summed E-state index contributed by atoms with van der Waals surface area (Å²) in [5.74, 6) is 0.892. The molecule has 1 amide bonds. The third-order valence-corrected chi connectivity index (χ3v) is 4.86. The topological polar surface area (TPSA) is 55.1 Å². The van der Waals surface area contributed by atoms with Crippen molar-refractivity contribution in [3.05, 3.63) is 29.8 Å². The highest BCUT2D eigenvalue weighted by molar-refractivity contribution is 5.91. The van der Waals surface area contributed by atoms with Crippen molar-refractivity contribution >= 4 is 11.6 Å². The minimum atomic E-state index is -0.272. The Morgan fingerprint density at radius 2 is 1.95 bits per heavy atom. The monoisotopic (exact) mass is 258 g/mol. The van der Waals surface area contributed by atoms with Gasteiger partial charge in [0.2, 0.25) is 5.91 Å². The molecule has 0 spiro atoms. The molecule has 102 valence electrons. The van der Waals surface area contributed by atoms with Gasteiger partial charge in [-0.25, -0.2) is 0 Å². The van der Waals surface area contributed by atoms with E-state index in [1.54, 1.807) is 0 Å². The van der Waals surface area contributed by atoms with Crippen molar-refractivity contribution in [2.45, 2.75) is 50.5 Å². The molecular formula is C16H22N2O. The molecule has 0 heterocycles. The molecule has 3 N–H and O–H groups in total. The Morgan fingerprint density at radius 3 is 2.42 bits per heavy atom. The second-order valence-electron chi connectivity index (χ2n) is 6.16. The van der Waals surface area contributed by atoms with Crippen LogP contribution < -0.4 is 11.1 Å². The maximum atomic E-state index is 12.5. The standard InChI is InChI=1S/C16H22N2O/c1-11(12-3-2-4-12)18-15(19)16(9-10-16)13-5-7-14(17)8-6-13/h5-8,11-12H,2-4,9-10,17H2,1H3,(H,18,19). The average Bonchev–Trinajstić information content (AvgIpc) is 3.08. The van der Waals surface area contributed by atoms with E-state index in [4.69, 9.17) is 5.73 Å². The lowest BCUT2D eigenvalue weighted by atomic mass is 9.80. The predicted octanol–water partition coefficient (Wildman–Crippen LogP) is 2.61. The summed E-state index contributed by atoms with van der Waals surface area (Å²) in [6.07, 6.45) is 5.75. The van der Waals surface area contributed by atoms with E-state index in [-0.39, 0.29) is 11.3 Å². The van der Waals surface area contributed by atoms with Crippen LogP contribution in [0.2, 0.25) is 0 Å². The summed E-state index contributed by atoms with van der Waals surface area (Å²) in [6.45, 7) is 2.14. The van der Waals surface area contributed by atoms with Crippen LogP contribution >= 0.6 is 0 Å². The zero-order valence-corrected chi connectivity index (χ0v) is 11.5. The number of benzene rings is 1. The van der Waals surface area contributed by atoms with E-state index >= 15 is 0 Å². The lowest BCUT2D eigenvalue weighted by Gasteiger charge is -2.33. The van der Waals surface area contributed by atoms with Gasteiger partial charge in [0.25, 0.3) is 0 Å². The van der Waals surface area contributed by atoms with Gasteiger partial charge in [0.15, 0.2) is 0 Å². The largest absolute Gasteiger partial charge is 0.399 e. The molecule has 0 aromatic heterocycles. The van der Waals surface area contributed by atoms with Crippen molar-refractivity contribution in [1.29, 1.82) is 0 Å². The molecule has 0 aliphatic heterocycles. The van der Waals surface area contributed by atoms with Crippen molar-refractivity contribution in [3.8, 4) is 0 Å².